The first-order chi connectivity index (χ1) is 15.9. The summed E-state index contributed by atoms with van der Waals surface area (Å²) in [6, 6.07) is 0.976. The molecule has 0 radical (unpaired) electrons. The molecule has 182 valence electrons. The van der Waals surface area contributed by atoms with Gasteiger partial charge >= 0.3 is 12.4 Å². The van der Waals surface area contributed by atoms with Crippen LogP contribution >= 0.6 is 0 Å². The van der Waals surface area contributed by atoms with Crippen LogP contribution in [-0.4, -0.2) is 62.1 Å². The van der Waals surface area contributed by atoms with Gasteiger partial charge in [0, 0.05) is 37.7 Å². The number of aryl methyl sites for hydroxylation is 1. The number of aromatic nitrogens is 6. The van der Waals surface area contributed by atoms with Crippen molar-refractivity contribution < 1.29 is 26.3 Å². The van der Waals surface area contributed by atoms with Crippen molar-refractivity contribution in [1.82, 2.24) is 29.7 Å². The summed E-state index contributed by atoms with van der Waals surface area (Å²) in [5, 5.41) is 3.74. The van der Waals surface area contributed by atoms with E-state index in [9.17, 15) is 26.3 Å². The third kappa shape index (κ3) is 4.32. The lowest BCUT2D eigenvalue weighted by atomic mass is 9.72. The lowest BCUT2D eigenvalue weighted by Crippen LogP contribution is -2.61. The number of anilines is 2. The first-order valence-corrected chi connectivity index (χ1v) is 10.6. The Morgan fingerprint density at radius 2 is 1.62 bits per heavy atom. The summed E-state index contributed by atoms with van der Waals surface area (Å²) >= 11 is 0. The molecule has 5 rings (SSSR count). The second kappa shape index (κ2) is 7.67. The Labute approximate surface area is 189 Å². The minimum absolute atomic E-state index is 0.0522. The lowest BCUT2D eigenvalue weighted by Gasteiger charge is -2.54. The van der Waals surface area contributed by atoms with Gasteiger partial charge < -0.3 is 9.80 Å². The number of piperidine rings is 1. The van der Waals surface area contributed by atoms with Crippen LogP contribution in [0, 0.1) is 12.3 Å². The van der Waals surface area contributed by atoms with Crippen LogP contribution in [-0.2, 0) is 12.7 Å². The minimum Gasteiger partial charge on any atom is -0.355 e. The van der Waals surface area contributed by atoms with E-state index in [1.54, 1.807) is 0 Å². The standard InChI is InChI=1S/C20H20F6N8/c1-12-29-14(20(24,25)26)6-15(30-12)33-9-18(10-33)2-4-32(5-3-18)16-8-27-13-7-28-34(17(13)31-16)11-19(21,22)23/h6-8H,2-5,9-11H2,1H3. The molecule has 0 aromatic carbocycles. The molecule has 0 N–H and O–H groups in total. The summed E-state index contributed by atoms with van der Waals surface area (Å²) in [6.07, 6.45) is -4.65. The van der Waals surface area contributed by atoms with Gasteiger partial charge in [0.1, 0.15) is 35.2 Å². The Hall–Kier alpha value is -3.19. The van der Waals surface area contributed by atoms with Gasteiger partial charge in [-0.2, -0.15) is 31.4 Å². The highest BCUT2D eigenvalue weighted by atomic mass is 19.4. The van der Waals surface area contributed by atoms with Gasteiger partial charge in [-0.25, -0.2) is 24.6 Å². The van der Waals surface area contributed by atoms with Gasteiger partial charge in [0.05, 0.1) is 12.4 Å². The van der Waals surface area contributed by atoms with Gasteiger partial charge in [-0.15, -0.1) is 0 Å². The fourth-order valence-corrected chi connectivity index (χ4v) is 4.59. The highest BCUT2D eigenvalue weighted by Crippen LogP contribution is 2.43. The predicted molar refractivity (Wildman–Crippen MR) is 109 cm³/mol. The summed E-state index contributed by atoms with van der Waals surface area (Å²) < 4.78 is 78.4. The monoisotopic (exact) mass is 486 g/mol. The molecule has 3 aromatic heterocycles. The van der Waals surface area contributed by atoms with Crippen molar-refractivity contribution in [3.8, 4) is 0 Å². The van der Waals surface area contributed by atoms with Crippen molar-refractivity contribution in [3.63, 3.8) is 0 Å². The van der Waals surface area contributed by atoms with E-state index in [1.807, 2.05) is 9.80 Å². The van der Waals surface area contributed by atoms with E-state index in [1.165, 1.54) is 19.3 Å². The molecular formula is C20H20F6N8. The third-order valence-electron chi connectivity index (χ3n) is 6.30. The Morgan fingerprint density at radius 3 is 2.26 bits per heavy atom. The van der Waals surface area contributed by atoms with Crippen molar-refractivity contribution in [3.05, 3.63) is 30.0 Å². The largest absolute Gasteiger partial charge is 0.433 e. The molecule has 3 aromatic rings. The molecule has 8 nitrogen and oxygen atoms in total. The fourth-order valence-electron chi connectivity index (χ4n) is 4.59. The van der Waals surface area contributed by atoms with Crippen molar-refractivity contribution in [1.29, 1.82) is 0 Å². The van der Waals surface area contributed by atoms with Crippen LogP contribution < -0.4 is 9.80 Å². The first kappa shape index (κ1) is 22.6. The average molecular weight is 486 g/mol. The fraction of sp³-hybridized carbons (Fsp3) is 0.550. The molecule has 14 heteroatoms. The lowest BCUT2D eigenvalue weighted by molar-refractivity contribution is -0.142. The van der Waals surface area contributed by atoms with Crippen LogP contribution in [0.2, 0.25) is 0 Å². The summed E-state index contributed by atoms with van der Waals surface area (Å²) in [7, 11) is 0. The molecule has 0 bridgehead atoms. The molecule has 0 unspecified atom stereocenters. The maximum Gasteiger partial charge on any atom is 0.433 e. The van der Waals surface area contributed by atoms with Gasteiger partial charge in [0.25, 0.3) is 0 Å². The van der Waals surface area contributed by atoms with E-state index in [0.29, 0.717) is 32.0 Å². The molecule has 1 spiro atoms. The Balaban J connectivity index is 1.25. The first-order valence-electron chi connectivity index (χ1n) is 10.6. The second-order valence-corrected chi connectivity index (χ2v) is 8.85. The van der Waals surface area contributed by atoms with E-state index in [4.69, 9.17) is 0 Å². The highest BCUT2D eigenvalue weighted by Gasteiger charge is 2.46. The summed E-state index contributed by atoms with van der Waals surface area (Å²) in [4.78, 5) is 20.0. The number of hydrogen-bond donors (Lipinski definition) is 0. The average Bonchev–Trinajstić information content (AvgIpc) is 3.11. The normalized spacial score (nSPS) is 18.6. The van der Waals surface area contributed by atoms with Crippen LogP contribution in [0.4, 0.5) is 38.0 Å². The number of hydrogen-bond acceptors (Lipinski definition) is 7. The van der Waals surface area contributed by atoms with Crippen molar-refractivity contribution in [2.75, 3.05) is 36.0 Å². The highest BCUT2D eigenvalue weighted by molar-refractivity contribution is 5.71. The van der Waals surface area contributed by atoms with Gasteiger partial charge in [-0.1, -0.05) is 0 Å². The molecule has 2 aliphatic rings. The minimum atomic E-state index is -4.53. The summed E-state index contributed by atoms with van der Waals surface area (Å²) in [6.45, 7) is 2.57. The third-order valence-corrected chi connectivity index (χ3v) is 6.30. The molecule has 2 saturated heterocycles. The van der Waals surface area contributed by atoms with E-state index >= 15 is 0 Å². The quantitative estimate of drug-likeness (QED) is 0.524. The Bertz CT molecular complexity index is 1200. The maximum atomic E-state index is 13.1. The molecule has 0 aliphatic carbocycles. The molecule has 2 aliphatic heterocycles. The molecule has 2 fully saturated rings. The van der Waals surface area contributed by atoms with Crippen LogP contribution in [0.25, 0.3) is 11.2 Å². The zero-order valence-electron chi connectivity index (χ0n) is 18.0. The van der Waals surface area contributed by atoms with E-state index in [2.05, 4.69) is 25.0 Å². The smallest absolute Gasteiger partial charge is 0.355 e. The number of rotatable bonds is 3. The summed E-state index contributed by atoms with van der Waals surface area (Å²) in [5.74, 6) is 0.810. The number of fused-ring (bicyclic) bond motifs is 1. The molecule has 5 heterocycles. The van der Waals surface area contributed by atoms with Gasteiger partial charge in [0.15, 0.2) is 5.65 Å². The topological polar surface area (TPSA) is 75.9 Å². The van der Waals surface area contributed by atoms with Gasteiger partial charge in [-0.05, 0) is 19.8 Å². The molecule has 34 heavy (non-hydrogen) atoms. The van der Waals surface area contributed by atoms with Gasteiger partial charge in [0.2, 0.25) is 0 Å². The summed E-state index contributed by atoms with van der Waals surface area (Å²) in [5.41, 5.74) is -0.646. The number of halogens is 6. The molecule has 0 amide bonds. The van der Waals surface area contributed by atoms with Crippen LogP contribution in [0.1, 0.15) is 24.4 Å². The Morgan fingerprint density at radius 1 is 0.912 bits per heavy atom. The van der Waals surface area contributed by atoms with Gasteiger partial charge in [-0.3, -0.25) is 0 Å². The zero-order valence-corrected chi connectivity index (χ0v) is 18.0. The SMILES string of the molecule is Cc1nc(N2CC3(CCN(c4cnc5cnn(CC(F)(F)F)c5n4)CC3)C2)cc(C(F)(F)F)n1. The van der Waals surface area contributed by atoms with Crippen molar-refractivity contribution >= 4 is 22.8 Å². The zero-order chi connectivity index (χ0) is 24.3. The second-order valence-electron chi connectivity index (χ2n) is 8.85. The number of alkyl halides is 6. The molecule has 0 saturated carbocycles. The van der Waals surface area contributed by atoms with Crippen molar-refractivity contribution in [2.24, 2.45) is 5.41 Å². The van der Waals surface area contributed by atoms with E-state index in [-0.39, 0.29) is 28.2 Å². The number of nitrogens with zero attached hydrogens (tertiary/aromatic N) is 8. The van der Waals surface area contributed by atoms with Crippen LogP contribution in [0.15, 0.2) is 18.5 Å². The van der Waals surface area contributed by atoms with Crippen LogP contribution in [0.5, 0.6) is 0 Å². The van der Waals surface area contributed by atoms with Crippen molar-refractivity contribution in [2.45, 2.75) is 38.7 Å². The Kier molecular flexibility index (Phi) is 5.09. The van der Waals surface area contributed by atoms with E-state index < -0.39 is 24.6 Å². The van der Waals surface area contributed by atoms with Crippen LogP contribution in [0.3, 0.4) is 0 Å². The molecular weight excluding hydrogens is 466 g/mol. The van der Waals surface area contributed by atoms with E-state index in [0.717, 1.165) is 23.6 Å². The maximum absolute atomic E-state index is 13.1. The molecule has 0 atom stereocenters. The predicted octanol–water partition coefficient (Wildman–Crippen LogP) is 3.61.